The monoisotopic (exact) mass is 418 g/mol. The third kappa shape index (κ3) is 6.84. The predicted octanol–water partition coefficient (Wildman–Crippen LogP) is 2.04. The number of rotatable bonds is 8. The van der Waals surface area contributed by atoms with Crippen LogP contribution in [0.25, 0.3) is 0 Å². The molecule has 160 valence electrons. The van der Waals surface area contributed by atoms with Crippen LogP contribution in [0.15, 0.2) is 36.4 Å². The number of urea groups is 1. The van der Waals surface area contributed by atoms with E-state index in [0.717, 1.165) is 12.1 Å². The summed E-state index contributed by atoms with van der Waals surface area (Å²) in [5.41, 5.74) is 1.30. The van der Waals surface area contributed by atoms with E-state index >= 15 is 0 Å². The van der Waals surface area contributed by atoms with Crippen LogP contribution in [0.3, 0.4) is 0 Å². The topological polar surface area (TPSA) is 99.3 Å². The van der Waals surface area contributed by atoms with Gasteiger partial charge in [0.25, 0.3) is 11.8 Å². The third-order valence-electron chi connectivity index (χ3n) is 4.26. The molecule has 4 amide bonds. The molecule has 2 rings (SSSR count). The van der Waals surface area contributed by atoms with Gasteiger partial charge in [-0.2, -0.15) is 0 Å². The molecule has 7 nitrogen and oxygen atoms in total. The van der Waals surface area contributed by atoms with Crippen LogP contribution in [-0.2, 0) is 0 Å². The summed E-state index contributed by atoms with van der Waals surface area (Å²) in [4.78, 5) is 35.5. The van der Waals surface area contributed by atoms with Gasteiger partial charge in [0, 0.05) is 37.3 Å². The van der Waals surface area contributed by atoms with E-state index in [1.807, 2.05) is 0 Å². The van der Waals surface area contributed by atoms with Gasteiger partial charge >= 0.3 is 6.03 Å². The van der Waals surface area contributed by atoms with Crippen molar-refractivity contribution in [2.75, 3.05) is 26.2 Å². The van der Waals surface area contributed by atoms with Crippen molar-refractivity contribution < 1.29 is 23.2 Å². The maximum Gasteiger partial charge on any atom is 0.314 e. The fraction of sp³-hybridized carbons (Fsp3) is 0.286. The lowest BCUT2D eigenvalue weighted by Crippen LogP contribution is -2.43. The molecule has 2 aromatic carbocycles. The van der Waals surface area contributed by atoms with E-state index in [0.29, 0.717) is 11.1 Å². The molecule has 0 aromatic heterocycles. The van der Waals surface area contributed by atoms with Crippen LogP contribution in [0.4, 0.5) is 13.6 Å². The van der Waals surface area contributed by atoms with Crippen LogP contribution >= 0.6 is 0 Å². The molecule has 0 atom stereocenters. The summed E-state index contributed by atoms with van der Waals surface area (Å²) in [6.07, 6.45) is 0. The van der Waals surface area contributed by atoms with Crippen LogP contribution in [0.5, 0.6) is 0 Å². The highest BCUT2D eigenvalue weighted by Crippen LogP contribution is 2.09. The Hall–Kier alpha value is -3.49. The van der Waals surface area contributed by atoms with E-state index in [2.05, 4.69) is 21.3 Å². The molecule has 30 heavy (non-hydrogen) atoms. The highest BCUT2D eigenvalue weighted by Gasteiger charge is 2.09. The zero-order valence-corrected chi connectivity index (χ0v) is 16.8. The molecule has 0 aliphatic rings. The summed E-state index contributed by atoms with van der Waals surface area (Å²) >= 11 is 0. The molecule has 0 saturated heterocycles. The van der Waals surface area contributed by atoms with Crippen LogP contribution in [0.1, 0.15) is 31.8 Å². The molecule has 0 radical (unpaired) electrons. The van der Waals surface area contributed by atoms with Crippen molar-refractivity contribution in [1.82, 2.24) is 21.3 Å². The molecule has 0 heterocycles. The second-order valence-corrected chi connectivity index (χ2v) is 6.62. The van der Waals surface area contributed by atoms with Crippen LogP contribution in [0.2, 0.25) is 0 Å². The van der Waals surface area contributed by atoms with Gasteiger partial charge in [-0.3, -0.25) is 9.59 Å². The third-order valence-corrected chi connectivity index (χ3v) is 4.26. The van der Waals surface area contributed by atoms with Gasteiger partial charge in [-0.15, -0.1) is 0 Å². The molecule has 0 aliphatic heterocycles. The molecule has 0 fully saturated rings. The van der Waals surface area contributed by atoms with Gasteiger partial charge in [-0.1, -0.05) is 12.1 Å². The highest BCUT2D eigenvalue weighted by atomic mass is 19.1. The van der Waals surface area contributed by atoms with Gasteiger partial charge in [0.15, 0.2) is 0 Å². The largest absolute Gasteiger partial charge is 0.350 e. The number of carbonyl (C=O) groups is 3. The summed E-state index contributed by atoms with van der Waals surface area (Å²) in [6.45, 7) is 3.87. The zero-order valence-electron chi connectivity index (χ0n) is 16.8. The van der Waals surface area contributed by atoms with Gasteiger partial charge < -0.3 is 21.3 Å². The van der Waals surface area contributed by atoms with Crippen LogP contribution in [-0.4, -0.2) is 44.0 Å². The molecule has 0 unspecified atom stereocenters. The molecule has 9 heteroatoms. The number of benzene rings is 2. The van der Waals surface area contributed by atoms with Crippen molar-refractivity contribution in [3.8, 4) is 0 Å². The lowest BCUT2D eigenvalue weighted by molar-refractivity contribution is 0.0946. The molecule has 2 aromatic rings. The number of aryl methyl sites for hydroxylation is 2. The van der Waals surface area contributed by atoms with Crippen molar-refractivity contribution >= 4 is 17.8 Å². The summed E-state index contributed by atoms with van der Waals surface area (Å²) in [5, 5.41) is 10.2. The Balaban J connectivity index is 1.59. The summed E-state index contributed by atoms with van der Waals surface area (Å²) < 4.78 is 26.9. The molecular formula is C21H24F2N4O3. The van der Waals surface area contributed by atoms with E-state index in [-0.39, 0.29) is 37.3 Å². The highest BCUT2D eigenvalue weighted by molar-refractivity contribution is 5.94. The first-order valence-electron chi connectivity index (χ1n) is 9.38. The minimum atomic E-state index is -0.471. The number of carbonyl (C=O) groups excluding carboxylic acids is 3. The average Bonchev–Trinajstić information content (AvgIpc) is 2.72. The molecule has 0 saturated carbocycles. The Morgan fingerprint density at radius 3 is 1.40 bits per heavy atom. The first kappa shape index (κ1) is 22.8. The minimum absolute atomic E-state index is 0.164. The SMILES string of the molecule is Cc1ccc(C(=O)NCCNC(=O)NCCNC(=O)c2ccc(C)c(F)c2)cc1F. The fourth-order valence-corrected chi connectivity index (χ4v) is 2.44. The van der Waals surface area contributed by atoms with Gasteiger partial charge in [0.1, 0.15) is 11.6 Å². The van der Waals surface area contributed by atoms with Crippen LogP contribution < -0.4 is 21.3 Å². The normalized spacial score (nSPS) is 10.3. The average molecular weight is 418 g/mol. The number of halogens is 2. The number of nitrogens with one attached hydrogen (secondary N) is 4. The summed E-state index contributed by atoms with van der Waals surface area (Å²) in [5.74, 6) is -1.79. The van der Waals surface area contributed by atoms with Crippen molar-refractivity contribution in [3.05, 3.63) is 70.3 Å². The van der Waals surface area contributed by atoms with E-state index in [1.165, 1.54) is 24.3 Å². The quantitative estimate of drug-likeness (QED) is 0.494. The first-order valence-corrected chi connectivity index (χ1v) is 9.38. The van der Waals surface area contributed by atoms with Gasteiger partial charge in [0.2, 0.25) is 0 Å². The van der Waals surface area contributed by atoms with E-state index in [1.54, 1.807) is 13.8 Å². The van der Waals surface area contributed by atoms with E-state index in [4.69, 9.17) is 0 Å². The first-order chi connectivity index (χ1) is 14.3. The molecule has 0 aliphatic carbocycles. The van der Waals surface area contributed by atoms with Crippen molar-refractivity contribution in [2.45, 2.75) is 13.8 Å². The van der Waals surface area contributed by atoms with Crippen molar-refractivity contribution in [1.29, 1.82) is 0 Å². The van der Waals surface area contributed by atoms with Gasteiger partial charge in [0.05, 0.1) is 0 Å². The molecule has 4 N–H and O–H groups in total. The standard InChI is InChI=1S/C21H24F2N4O3/c1-13-3-5-15(11-17(13)22)19(28)24-7-9-26-21(30)27-10-8-25-20(29)16-6-4-14(2)18(23)12-16/h3-6,11-12H,7-10H2,1-2H3,(H,24,28)(H,25,29)(H2,26,27,30). The van der Waals surface area contributed by atoms with Crippen LogP contribution in [0, 0.1) is 25.5 Å². The zero-order chi connectivity index (χ0) is 22.1. The maximum absolute atomic E-state index is 13.5. The Bertz CT molecular complexity index is 861. The summed E-state index contributed by atoms with van der Waals surface area (Å²) in [6, 6.07) is 7.92. The second-order valence-electron chi connectivity index (χ2n) is 6.62. The molecule has 0 spiro atoms. The van der Waals surface area contributed by atoms with E-state index in [9.17, 15) is 23.2 Å². The fourth-order valence-electron chi connectivity index (χ4n) is 2.44. The lowest BCUT2D eigenvalue weighted by atomic mass is 10.1. The Labute approximate surface area is 173 Å². The number of amides is 4. The number of hydrogen-bond acceptors (Lipinski definition) is 3. The van der Waals surface area contributed by atoms with Gasteiger partial charge in [-0.05, 0) is 49.2 Å². The smallest absolute Gasteiger partial charge is 0.314 e. The lowest BCUT2D eigenvalue weighted by Gasteiger charge is -2.10. The van der Waals surface area contributed by atoms with Crippen molar-refractivity contribution in [3.63, 3.8) is 0 Å². The summed E-state index contributed by atoms with van der Waals surface area (Å²) in [7, 11) is 0. The van der Waals surface area contributed by atoms with Crippen molar-refractivity contribution in [2.24, 2.45) is 0 Å². The second kappa shape index (κ2) is 10.9. The Morgan fingerprint density at radius 1 is 0.667 bits per heavy atom. The van der Waals surface area contributed by atoms with Gasteiger partial charge in [-0.25, -0.2) is 13.6 Å². The molecule has 0 bridgehead atoms. The molecular weight excluding hydrogens is 394 g/mol. The van der Waals surface area contributed by atoms with E-state index < -0.39 is 29.5 Å². The number of hydrogen-bond donors (Lipinski definition) is 4. The Kier molecular flexibility index (Phi) is 8.28. The maximum atomic E-state index is 13.5. The Morgan fingerprint density at radius 2 is 1.03 bits per heavy atom. The minimum Gasteiger partial charge on any atom is -0.350 e. The predicted molar refractivity (Wildman–Crippen MR) is 108 cm³/mol.